The van der Waals surface area contributed by atoms with Gasteiger partial charge in [-0.25, -0.2) is 0 Å². The molecule has 2 aliphatic rings. The van der Waals surface area contributed by atoms with Gasteiger partial charge in [0.15, 0.2) is 0 Å². The summed E-state index contributed by atoms with van der Waals surface area (Å²) in [5.41, 5.74) is 0. The van der Waals surface area contributed by atoms with E-state index in [1.165, 1.54) is 7.11 Å². The summed E-state index contributed by atoms with van der Waals surface area (Å²) in [6, 6.07) is 0. The topological polar surface area (TPSA) is 46.5 Å². The van der Waals surface area contributed by atoms with Gasteiger partial charge in [-0.15, -0.1) is 0 Å². The van der Waals surface area contributed by atoms with Crippen molar-refractivity contribution in [1.29, 1.82) is 0 Å². The number of carbonyl (C=O) groups excluding carboxylic acids is 1. The number of methoxy groups -OCH3 is 1. The SMILES string of the molecule is COC(=O)[C@@H]1[C@H]2CC[C@@H]1C(O)C2. The molecule has 2 rings (SSSR count). The Kier molecular flexibility index (Phi) is 1.83. The molecule has 1 N–H and O–H groups in total. The normalized spacial score (nSPS) is 44.8. The van der Waals surface area contributed by atoms with Crippen LogP contribution in [0.1, 0.15) is 19.3 Å². The Morgan fingerprint density at radius 2 is 2.25 bits per heavy atom. The number of esters is 1. The summed E-state index contributed by atoms with van der Waals surface area (Å²) >= 11 is 0. The minimum absolute atomic E-state index is 0.00926. The van der Waals surface area contributed by atoms with Crippen LogP contribution in [0.3, 0.4) is 0 Å². The highest BCUT2D eigenvalue weighted by Gasteiger charge is 2.51. The van der Waals surface area contributed by atoms with Gasteiger partial charge in [-0.05, 0) is 31.1 Å². The van der Waals surface area contributed by atoms with Crippen LogP contribution >= 0.6 is 0 Å². The van der Waals surface area contributed by atoms with Gasteiger partial charge in [0.1, 0.15) is 0 Å². The average molecular weight is 170 g/mol. The van der Waals surface area contributed by atoms with E-state index in [2.05, 4.69) is 0 Å². The number of ether oxygens (including phenoxy) is 1. The van der Waals surface area contributed by atoms with Crippen molar-refractivity contribution in [1.82, 2.24) is 0 Å². The lowest BCUT2D eigenvalue weighted by Gasteiger charge is -2.15. The summed E-state index contributed by atoms with van der Waals surface area (Å²) in [7, 11) is 1.42. The molecule has 0 saturated heterocycles. The third-order valence-electron chi connectivity index (χ3n) is 3.35. The fourth-order valence-electron chi connectivity index (χ4n) is 2.80. The maximum absolute atomic E-state index is 11.3. The number of aliphatic hydroxyl groups excluding tert-OH is 1. The van der Waals surface area contributed by atoms with E-state index in [0.29, 0.717) is 5.92 Å². The van der Waals surface area contributed by atoms with E-state index in [1.807, 2.05) is 0 Å². The number of hydrogen-bond acceptors (Lipinski definition) is 3. The Hall–Kier alpha value is -0.570. The van der Waals surface area contributed by atoms with Crippen molar-refractivity contribution in [2.45, 2.75) is 25.4 Å². The number of fused-ring (bicyclic) bond motifs is 2. The fourth-order valence-corrected chi connectivity index (χ4v) is 2.80. The standard InChI is InChI=1S/C9H14O3/c1-12-9(11)8-5-2-3-6(8)7(10)4-5/h5-8,10H,2-4H2,1H3/t5-,6+,7?,8+/m0/s1. The summed E-state index contributed by atoms with van der Waals surface area (Å²) in [5.74, 6) is 0.434. The van der Waals surface area contributed by atoms with Crippen LogP contribution in [0.5, 0.6) is 0 Å². The van der Waals surface area contributed by atoms with E-state index < -0.39 is 0 Å². The summed E-state index contributed by atoms with van der Waals surface area (Å²) in [6.07, 6.45) is 2.62. The van der Waals surface area contributed by atoms with Crippen LogP contribution in [0.4, 0.5) is 0 Å². The van der Waals surface area contributed by atoms with Gasteiger partial charge in [0.05, 0.1) is 19.1 Å². The van der Waals surface area contributed by atoms with Crippen molar-refractivity contribution in [3.63, 3.8) is 0 Å². The third-order valence-corrected chi connectivity index (χ3v) is 3.35. The van der Waals surface area contributed by atoms with Gasteiger partial charge < -0.3 is 9.84 Å². The molecule has 0 radical (unpaired) electrons. The minimum Gasteiger partial charge on any atom is -0.469 e. The molecule has 2 saturated carbocycles. The van der Waals surface area contributed by atoms with Crippen molar-refractivity contribution in [3.05, 3.63) is 0 Å². The molecule has 3 heteroatoms. The highest BCUT2D eigenvalue weighted by Crippen LogP contribution is 2.49. The lowest BCUT2D eigenvalue weighted by Crippen LogP contribution is -2.23. The second-order valence-electron chi connectivity index (χ2n) is 3.85. The minimum atomic E-state index is -0.257. The van der Waals surface area contributed by atoms with E-state index in [9.17, 15) is 9.90 Å². The van der Waals surface area contributed by atoms with Crippen LogP contribution in [0.15, 0.2) is 0 Å². The molecule has 2 fully saturated rings. The van der Waals surface area contributed by atoms with Gasteiger partial charge in [0.25, 0.3) is 0 Å². The molecule has 2 bridgehead atoms. The second kappa shape index (κ2) is 2.73. The molecule has 12 heavy (non-hydrogen) atoms. The molecule has 0 aromatic heterocycles. The van der Waals surface area contributed by atoms with Crippen molar-refractivity contribution < 1.29 is 14.6 Å². The monoisotopic (exact) mass is 170 g/mol. The van der Waals surface area contributed by atoms with Crippen LogP contribution in [0.25, 0.3) is 0 Å². The van der Waals surface area contributed by atoms with Crippen molar-refractivity contribution in [2.75, 3.05) is 7.11 Å². The van der Waals surface area contributed by atoms with E-state index in [4.69, 9.17) is 4.74 Å². The zero-order chi connectivity index (χ0) is 8.72. The first kappa shape index (κ1) is 8.05. The zero-order valence-corrected chi connectivity index (χ0v) is 7.19. The molecule has 0 aromatic carbocycles. The number of rotatable bonds is 1. The molecule has 4 atom stereocenters. The molecule has 2 aliphatic carbocycles. The molecule has 0 aliphatic heterocycles. The Balaban J connectivity index is 2.13. The summed E-state index contributed by atoms with van der Waals surface area (Å²) in [4.78, 5) is 11.3. The van der Waals surface area contributed by atoms with E-state index in [-0.39, 0.29) is 23.9 Å². The number of hydrogen-bond donors (Lipinski definition) is 1. The van der Waals surface area contributed by atoms with Gasteiger partial charge in [0, 0.05) is 0 Å². The first-order chi connectivity index (χ1) is 5.74. The summed E-state index contributed by atoms with van der Waals surface area (Å²) in [5, 5.41) is 9.53. The number of carbonyl (C=O) groups is 1. The number of aliphatic hydroxyl groups is 1. The van der Waals surface area contributed by atoms with Gasteiger partial charge in [-0.1, -0.05) is 0 Å². The van der Waals surface area contributed by atoms with Crippen LogP contribution in [0.2, 0.25) is 0 Å². The highest BCUT2D eigenvalue weighted by molar-refractivity contribution is 5.74. The van der Waals surface area contributed by atoms with Crippen LogP contribution < -0.4 is 0 Å². The van der Waals surface area contributed by atoms with Gasteiger partial charge >= 0.3 is 5.97 Å². The Morgan fingerprint density at radius 3 is 2.67 bits per heavy atom. The Labute approximate surface area is 71.7 Å². The average Bonchev–Trinajstić information content (AvgIpc) is 2.59. The molecule has 0 aromatic rings. The van der Waals surface area contributed by atoms with E-state index in [0.717, 1.165) is 19.3 Å². The first-order valence-electron chi connectivity index (χ1n) is 4.50. The van der Waals surface area contributed by atoms with Crippen molar-refractivity contribution in [2.24, 2.45) is 17.8 Å². The Morgan fingerprint density at radius 1 is 1.50 bits per heavy atom. The molecule has 68 valence electrons. The quantitative estimate of drug-likeness (QED) is 0.585. The third kappa shape index (κ3) is 0.959. The summed E-state index contributed by atoms with van der Waals surface area (Å²) < 4.78 is 4.71. The second-order valence-corrected chi connectivity index (χ2v) is 3.85. The predicted molar refractivity (Wildman–Crippen MR) is 42.3 cm³/mol. The zero-order valence-electron chi connectivity index (χ0n) is 7.19. The van der Waals surface area contributed by atoms with Gasteiger partial charge in [-0.3, -0.25) is 4.79 Å². The molecule has 0 spiro atoms. The maximum Gasteiger partial charge on any atom is 0.309 e. The lowest BCUT2D eigenvalue weighted by molar-refractivity contribution is -0.147. The largest absolute Gasteiger partial charge is 0.469 e. The molecule has 1 unspecified atom stereocenters. The van der Waals surface area contributed by atoms with Crippen molar-refractivity contribution in [3.8, 4) is 0 Å². The Bertz CT molecular complexity index is 202. The van der Waals surface area contributed by atoms with E-state index >= 15 is 0 Å². The van der Waals surface area contributed by atoms with Crippen LogP contribution in [-0.4, -0.2) is 24.3 Å². The fraction of sp³-hybridized carbons (Fsp3) is 0.889. The molecule has 0 amide bonds. The molecule has 0 heterocycles. The molecular formula is C9H14O3. The van der Waals surface area contributed by atoms with Crippen molar-refractivity contribution >= 4 is 5.97 Å². The smallest absolute Gasteiger partial charge is 0.309 e. The van der Waals surface area contributed by atoms with E-state index in [1.54, 1.807) is 0 Å². The van der Waals surface area contributed by atoms with Crippen LogP contribution in [0, 0.1) is 17.8 Å². The van der Waals surface area contributed by atoms with Gasteiger partial charge in [-0.2, -0.15) is 0 Å². The first-order valence-corrected chi connectivity index (χ1v) is 4.50. The molecule has 3 nitrogen and oxygen atoms in total. The summed E-state index contributed by atoms with van der Waals surface area (Å²) in [6.45, 7) is 0. The van der Waals surface area contributed by atoms with Gasteiger partial charge in [0.2, 0.25) is 0 Å². The lowest BCUT2D eigenvalue weighted by atomic mass is 9.97. The predicted octanol–water partition coefficient (Wildman–Crippen LogP) is 0.566. The maximum atomic E-state index is 11.3. The van der Waals surface area contributed by atoms with Crippen LogP contribution in [-0.2, 0) is 9.53 Å². The highest BCUT2D eigenvalue weighted by atomic mass is 16.5. The molecular weight excluding hydrogens is 156 g/mol.